The summed E-state index contributed by atoms with van der Waals surface area (Å²) in [6.45, 7) is 4.78. The second-order valence-corrected chi connectivity index (χ2v) is 4.51. The number of fused-ring (bicyclic) bond motifs is 1. The first-order valence-electron chi connectivity index (χ1n) is 5.93. The molecule has 1 saturated carbocycles. The molecule has 3 heteroatoms. The number of nitrogens with zero attached hydrogens (tertiary/aromatic N) is 1. The average Bonchev–Trinajstić information content (AvgIpc) is 2.42. The minimum atomic E-state index is 0.759. The topological polar surface area (TPSA) is 38.5 Å². The molecule has 0 radical (unpaired) electrons. The van der Waals surface area contributed by atoms with Gasteiger partial charge in [0.1, 0.15) is 0 Å². The van der Waals surface area contributed by atoms with Gasteiger partial charge < -0.3 is 10.5 Å². The summed E-state index contributed by atoms with van der Waals surface area (Å²) in [6.07, 6.45) is 5.49. The van der Waals surface area contributed by atoms with E-state index in [0.717, 1.165) is 44.8 Å². The van der Waals surface area contributed by atoms with Crippen LogP contribution in [-0.4, -0.2) is 43.8 Å². The zero-order chi connectivity index (χ0) is 9.80. The molecule has 1 saturated heterocycles. The lowest BCUT2D eigenvalue weighted by atomic mass is 9.84. The summed E-state index contributed by atoms with van der Waals surface area (Å²) in [6, 6.07) is 0.759. The summed E-state index contributed by atoms with van der Waals surface area (Å²) >= 11 is 0. The first kappa shape index (κ1) is 10.4. The molecule has 0 bridgehead atoms. The van der Waals surface area contributed by atoms with E-state index in [2.05, 4.69) is 4.90 Å². The third kappa shape index (κ3) is 2.27. The smallest absolute Gasteiger partial charge is 0.0593 e. The first-order valence-corrected chi connectivity index (χ1v) is 5.93. The van der Waals surface area contributed by atoms with Crippen molar-refractivity contribution < 1.29 is 4.74 Å². The Kier molecular flexibility index (Phi) is 3.79. The summed E-state index contributed by atoms with van der Waals surface area (Å²) in [5.74, 6) is 0.776. The molecule has 0 aromatic heterocycles. The van der Waals surface area contributed by atoms with Gasteiger partial charge in [0, 0.05) is 25.7 Å². The van der Waals surface area contributed by atoms with Gasteiger partial charge in [-0.05, 0) is 18.8 Å². The largest absolute Gasteiger partial charge is 0.380 e. The molecule has 2 fully saturated rings. The van der Waals surface area contributed by atoms with Crippen molar-refractivity contribution in [1.29, 1.82) is 0 Å². The maximum absolute atomic E-state index is 5.66. The fourth-order valence-corrected chi connectivity index (χ4v) is 2.89. The Morgan fingerprint density at radius 1 is 1.29 bits per heavy atom. The van der Waals surface area contributed by atoms with Crippen LogP contribution >= 0.6 is 0 Å². The Hall–Kier alpha value is -0.120. The second kappa shape index (κ2) is 5.10. The Bertz CT molecular complexity index is 175. The van der Waals surface area contributed by atoms with E-state index in [9.17, 15) is 0 Å². The fraction of sp³-hybridized carbons (Fsp3) is 1.00. The molecule has 2 N–H and O–H groups in total. The molecule has 2 rings (SSSR count). The highest BCUT2D eigenvalue weighted by atomic mass is 16.5. The van der Waals surface area contributed by atoms with Crippen LogP contribution < -0.4 is 5.73 Å². The molecule has 1 aliphatic heterocycles. The van der Waals surface area contributed by atoms with Gasteiger partial charge in [-0.1, -0.05) is 12.8 Å². The Morgan fingerprint density at radius 2 is 2.14 bits per heavy atom. The molecule has 0 spiro atoms. The summed E-state index contributed by atoms with van der Waals surface area (Å²) in [5, 5.41) is 0. The summed E-state index contributed by atoms with van der Waals surface area (Å²) in [7, 11) is 0. The maximum atomic E-state index is 5.66. The van der Waals surface area contributed by atoms with Crippen LogP contribution in [0.25, 0.3) is 0 Å². The van der Waals surface area contributed by atoms with Crippen LogP contribution in [0.5, 0.6) is 0 Å². The minimum Gasteiger partial charge on any atom is -0.380 e. The van der Waals surface area contributed by atoms with Gasteiger partial charge in [-0.25, -0.2) is 0 Å². The van der Waals surface area contributed by atoms with Crippen molar-refractivity contribution in [2.24, 2.45) is 11.7 Å². The SMILES string of the molecule is NCCN1CCOC[C@H]2CCCC[C@H]21. The van der Waals surface area contributed by atoms with Crippen LogP contribution in [0.1, 0.15) is 25.7 Å². The highest BCUT2D eigenvalue weighted by Crippen LogP contribution is 2.29. The van der Waals surface area contributed by atoms with E-state index in [1.165, 1.54) is 25.7 Å². The number of rotatable bonds is 2. The molecule has 0 unspecified atom stereocenters. The van der Waals surface area contributed by atoms with Crippen molar-refractivity contribution in [2.45, 2.75) is 31.7 Å². The lowest BCUT2D eigenvalue weighted by Crippen LogP contribution is -2.44. The van der Waals surface area contributed by atoms with E-state index >= 15 is 0 Å². The normalized spacial score (nSPS) is 34.9. The molecule has 3 nitrogen and oxygen atoms in total. The van der Waals surface area contributed by atoms with Gasteiger partial charge in [0.2, 0.25) is 0 Å². The summed E-state index contributed by atoms with van der Waals surface area (Å²) < 4.78 is 5.66. The van der Waals surface area contributed by atoms with Crippen molar-refractivity contribution in [3.63, 3.8) is 0 Å². The van der Waals surface area contributed by atoms with Gasteiger partial charge in [0.05, 0.1) is 13.2 Å². The Morgan fingerprint density at radius 3 is 3.00 bits per heavy atom. The van der Waals surface area contributed by atoms with Gasteiger partial charge in [-0.15, -0.1) is 0 Å². The molecule has 2 atom stereocenters. The average molecular weight is 198 g/mol. The Labute approximate surface area is 86.6 Å². The number of ether oxygens (including phenoxy) is 1. The van der Waals surface area contributed by atoms with E-state index in [1.54, 1.807) is 0 Å². The predicted molar refractivity (Wildman–Crippen MR) is 57.2 cm³/mol. The van der Waals surface area contributed by atoms with Crippen molar-refractivity contribution in [3.05, 3.63) is 0 Å². The Balaban J connectivity index is 1.99. The monoisotopic (exact) mass is 198 g/mol. The van der Waals surface area contributed by atoms with E-state index in [0.29, 0.717) is 0 Å². The number of hydrogen-bond acceptors (Lipinski definition) is 3. The van der Waals surface area contributed by atoms with Crippen LogP contribution in [0.3, 0.4) is 0 Å². The highest BCUT2D eigenvalue weighted by molar-refractivity contribution is 4.85. The van der Waals surface area contributed by atoms with E-state index in [-0.39, 0.29) is 0 Å². The van der Waals surface area contributed by atoms with Crippen LogP contribution in [-0.2, 0) is 4.74 Å². The third-order valence-corrected chi connectivity index (χ3v) is 3.61. The molecule has 0 aromatic carbocycles. The molecule has 1 heterocycles. The molecule has 0 amide bonds. The van der Waals surface area contributed by atoms with Gasteiger partial charge >= 0.3 is 0 Å². The van der Waals surface area contributed by atoms with Crippen LogP contribution in [0, 0.1) is 5.92 Å². The third-order valence-electron chi connectivity index (χ3n) is 3.61. The molecule has 82 valence electrons. The van der Waals surface area contributed by atoms with E-state index in [4.69, 9.17) is 10.5 Å². The van der Waals surface area contributed by atoms with Crippen LogP contribution in [0.15, 0.2) is 0 Å². The molecular weight excluding hydrogens is 176 g/mol. The minimum absolute atomic E-state index is 0.759. The molecule has 2 aliphatic rings. The molecule has 0 aromatic rings. The first-order chi connectivity index (χ1) is 6.92. The van der Waals surface area contributed by atoms with Crippen molar-refractivity contribution in [2.75, 3.05) is 32.8 Å². The predicted octanol–water partition coefficient (Wildman–Crippen LogP) is 0.836. The highest BCUT2D eigenvalue weighted by Gasteiger charge is 2.31. The summed E-state index contributed by atoms with van der Waals surface area (Å²) in [4.78, 5) is 2.55. The van der Waals surface area contributed by atoms with E-state index in [1.807, 2.05) is 0 Å². The van der Waals surface area contributed by atoms with Gasteiger partial charge in [0.15, 0.2) is 0 Å². The number of nitrogens with two attached hydrogens (primary N) is 1. The van der Waals surface area contributed by atoms with Gasteiger partial charge in [-0.2, -0.15) is 0 Å². The van der Waals surface area contributed by atoms with Crippen molar-refractivity contribution in [1.82, 2.24) is 4.90 Å². The van der Waals surface area contributed by atoms with Crippen LogP contribution in [0.4, 0.5) is 0 Å². The van der Waals surface area contributed by atoms with E-state index < -0.39 is 0 Å². The molecule has 1 aliphatic carbocycles. The summed E-state index contributed by atoms with van der Waals surface area (Å²) in [5.41, 5.74) is 5.65. The number of hydrogen-bond donors (Lipinski definition) is 1. The molecule has 14 heavy (non-hydrogen) atoms. The van der Waals surface area contributed by atoms with Gasteiger partial charge in [0.25, 0.3) is 0 Å². The molecular formula is C11H22N2O. The lowest BCUT2D eigenvalue weighted by molar-refractivity contribution is 0.0948. The fourth-order valence-electron chi connectivity index (χ4n) is 2.89. The second-order valence-electron chi connectivity index (χ2n) is 4.51. The van der Waals surface area contributed by atoms with Crippen molar-refractivity contribution in [3.8, 4) is 0 Å². The zero-order valence-corrected chi connectivity index (χ0v) is 8.95. The zero-order valence-electron chi connectivity index (χ0n) is 8.95. The van der Waals surface area contributed by atoms with Crippen molar-refractivity contribution >= 4 is 0 Å². The quantitative estimate of drug-likeness (QED) is 0.714. The van der Waals surface area contributed by atoms with Crippen LogP contribution in [0.2, 0.25) is 0 Å². The standard InChI is InChI=1S/C11H22N2O/c12-5-6-13-7-8-14-9-10-3-1-2-4-11(10)13/h10-11H,1-9,12H2/t10-,11-/m1/s1. The maximum Gasteiger partial charge on any atom is 0.0593 e. The van der Waals surface area contributed by atoms with Gasteiger partial charge in [-0.3, -0.25) is 4.90 Å². The lowest BCUT2D eigenvalue weighted by Gasteiger charge is -2.37.